The van der Waals surface area contributed by atoms with E-state index in [4.69, 9.17) is 4.74 Å². The Hall–Kier alpha value is -0.950. The Morgan fingerprint density at radius 3 is 2.46 bits per heavy atom. The molecule has 0 aromatic heterocycles. The summed E-state index contributed by atoms with van der Waals surface area (Å²) in [5, 5.41) is 3.54. The number of nitrogens with one attached hydrogen (secondary N) is 2. The molecule has 2 aliphatic rings. The predicted molar refractivity (Wildman–Crippen MR) is 105 cm³/mol. The van der Waals surface area contributed by atoms with Gasteiger partial charge in [-0.15, -0.1) is 0 Å². The van der Waals surface area contributed by atoms with E-state index >= 15 is 0 Å². The van der Waals surface area contributed by atoms with Gasteiger partial charge in [-0.3, -0.25) is 0 Å². The summed E-state index contributed by atoms with van der Waals surface area (Å²) in [7, 11) is -3.20. The molecule has 1 saturated carbocycles. The van der Waals surface area contributed by atoms with Crippen LogP contribution in [0.4, 0.5) is 0 Å². The van der Waals surface area contributed by atoms with Crippen molar-refractivity contribution in [3.63, 3.8) is 0 Å². The predicted octanol–water partition coefficient (Wildman–Crippen LogP) is 2.79. The lowest BCUT2D eigenvalue weighted by Crippen LogP contribution is -2.46. The van der Waals surface area contributed by atoms with Gasteiger partial charge in [-0.05, 0) is 50.0 Å². The molecule has 1 heterocycles. The Balaban J connectivity index is 1.47. The van der Waals surface area contributed by atoms with E-state index in [9.17, 15) is 8.42 Å². The fourth-order valence-corrected chi connectivity index (χ4v) is 5.15. The van der Waals surface area contributed by atoms with Crippen molar-refractivity contribution in [3.8, 4) is 0 Å². The molecule has 3 atom stereocenters. The molecule has 0 radical (unpaired) electrons. The molecule has 6 heteroatoms. The van der Waals surface area contributed by atoms with E-state index in [1.807, 2.05) is 0 Å². The van der Waals surface area contributed by atoms with E-state index in [1.165, 1.54) is 11.8 Å². The molecule has 0 amide bonds. The molecular weight excluding hydrogens is 348 g/mol. The maximum atomic E-state index is 11.6. The number of hydrogen-bond donors (Lipinski definition) is 2. The molecule has 1 aliphatic heterocycles. The normalized spacial score (nSPS) is 32.6. The molecule has 146 valence electrons. The summed E-state index contributed by atoms with van der Waals surface area (Å²) in [6.07, 6.45) is 7.83. The maximum Gasteiger partial charge on any atom is 0.209 e. The smallest absolute Gasteiger partial charge is 0.209 e. The molecule has 1 unspecified atom stereocenters. The summed E-state index contributed by atoms with van der Waals surface area (Å²) in [6.45, 7) is 2.70. The molecule has 0 spiro atoms. The third-order valence-electron chi connectivity index (χ3n) is 5.79. The highest BCUT2D eigenvalue weighted by atomic mass is 32.2. The topological polar surface area (TPSA) is 67.4 Å². The van der Waals surface area contributed by atoms with Crippen molar-refractivity contribution in [2.45, 2.75) is 75.6 Å². The Labute approximate surface area is 158 Å². The number of sulfonamides is 1. The van der Waals surface area contributed by atoms with Gasteiger partial charge in [0.25, 0.3) is 0 Å². The Kier molecular flexibility index (Phi) is 6.72. The number of rotatable bonds is 7. The van der Waals surface area contributed by atoms with Crippen LogP contribution in [0.3, 0.4) is 0 Å². The number of hydrogen-bond acceptors (Lipinski definition) is 4. The summed E-state index contributed by atoms with van der Waals surface area (Å²) in [4.78, 5) is 0. The first-order valence-corrected chi connectivity index (χ1v) is 11.7. The maximum absolute atomic E-state index is 11.6. The van der Waals surface area contributed by atoms with E-state index in [-0.39, 0.29) is 18.2 Å². The van der Waals surface area contributed by atoms with E-state index in [0.717, 1.165) is 38.5 Å². The van der Waals surface area contributed by atoms with E-state index < -0.39 is 10.0 Å². The zero-order chi connectivity index (χ0) is 18.6. The van der Waals surface area contributed by atoms with Crippen LogP contribution in [0.1, 0.15) is 56.9 Å². The Morgan fingerprint density at radius 2 is 1.85 bits per heavy atom. The SMILES string of the molecule is CCC1C[C@H](NS(C)(=O)=O)[C@H](COC2CCC(c3ccccc3)CC2)N1. The molecular formula is C20H32N2O3S. The van der Waals surface area contributed by atoms with Gasteiger partial charge < -0.3 is 10.1 Å². The molecule has 3 rings (SSSR count). The van der Waals surface area contributed by atoms with E-state index in [1.54, 1.807) is 0 Å². The van der Waals surface area contributed by atoms with Crippen molar-refractivity contribution in [1.82, 2.24) is 10.0 Å². The molecule has 2 N–H and O–H groups in total. The summed E-state index contributed by atoms with van der Waals surface area (Å²) in [5.74, 6) is 0.643. The fraction of sp³-hybridized carbons (Fsp3) is 0.700. The van der Waals surface area contributed by atoms with Crippen LogP contribution in [0.25, 0.3) is 0 Å². The van der Waals surface area contributed by atoms with Gasteiger partial charge in [-0.1, -0.05) is 37.3 Å². The number of ether oxygens (including phenoxy) is 1. The number of benzene rings is 1. The third kappa shape index (κ3) is 5.52. The van der Waals surface area contributed by atoms with Gasteiger partial charge in [-0.25, -0.2) is 13.1 Å². The molecule has 2 fully saturated rings. The van der Waals surface area contributed by atoms with Gasteiger partial charge in [0, 0.05) is 18.1 Å². The van der Waals surface area contributed by atoms with Gasteiger partial charge in [0.2, 0.25) is 10.0 Å². The average molecular weight is 381 g/mol. The molecule has 1 aromatic rings. The fourth-order valence-electron chi connectivity index (χ4n) is 4.34. The standard InChI is InChI=1S/C20H32N2O3S/c1-3-17-13-19(22-26(2,23)24)20(21-17)14-25-18-11-9-16(10-12-18)15-7-5-4-6-8-15/h4-8,16-22H,3,9-14H2,1-2H3/t16?,17?,18?,19-,20-/m0/s1. The molecule has 1 aromatic carbocycles. The zero-order valence-corrected chi connectivity index (χ0v) is 16.7. The van der Waals surface area contributed by atoms with Crippen molar-refractivity contribution in [3.05, 3.63) is 35.9 Å². The highest BCUT2D eigenvalue weighted by molar-refractivity contribution is 7.88. The van der Waals surface area contributed by atoms with Crippen molar-refractivity contribution >= 4 is 10.0 Å². The molecule has 1 saturated heterocycles. The monoisotopic (exact) mass is 380 g/mol. The van der Waals surface area contributed by atoms with Crippen LogP contribution < -0.4 is 10.0 Å². The highest BCUT2D eigenvalue weighted by Gasteiger charge is 2.35. The largest absolute Gasteiger partial charge is 0.377 e. The second-order valence-electron chi connectivity index (χ2n) is 7.83. The van der Waals surface area contributed by atoms with Gasteiger partial charge in [0.15, 0.2) is 0 Å². The second-order valence-corrected chi connectivity index (χ2v) is 9.61. The summed E-state index contributed by atoms with van der Waals surface area (Å²) >= 11 is 0. The van der Waals surface area contributed by atoms with Crippen LogP contribution in [-0.4, -0.2) is 45.5 Å². The molecule has 1 aliphatic carbocycles. The van der Waals surface area contributed by atoms with Crippen LogP contribution in [-0.2, 0) is 14.8 Å². The quantitative estimate of drug-likeness (QED) is 0.763. The first kappa shape index (κ1) is 19.8. The van der Waals surface area contributed by atoms with Gasteiger partial charge in [-0.2, -0.15) is 0 Å². The van der Waals surface area contributed by atoms with Gasteiger partial charge in [0.1, 0.15) is 0 Å². The summed E-state index contributed by atoms with van der Waals surface area (Å²) < 4.78 is 32.2. The van der Waals surface area contributed by atoms with E-state index in [0.29, 0.717) is 18.6 Å². The Bertz CT molecular complexity index is 657. The van der Waals surface area contributed by atoms with Crippen molar-refractivity contribution in [1.29, 1.82) is 0 Å². The van der Waals surface area contributed by atoms with Crippen LogP contribution in [0.5, 0.6) is 0 Å². The van der Waals surface area contributed by atoms with Crippen molar-refractivity contribution in [2.75, 3.05) is 12.9 Å². The minimum Gasteiger partial charge on any atom is -0.377 e. The summed E-state index contributed by atoms with van der Waals surface area (Å²) in [6, 6.07) is 11.1. The lowest BCUT2D eigenvalue weighted by Gasteiger charge is -2.30. The minimum absolute atomic E-state index is 0.0570. The van der Waals surface area contributed by atoms with Crippen LogP contribution in [0.15, 0.2) is 30.3 Å². The van der Waals surface area contributed by atoms with Gasteiger partial charge in [0.05, 0.1) is 19.0 Å². The average Bonchev–Trinajstić information content (AvgIpc) is 3.01. The van der Waals surface area contributed by atoms with Crippen molar-refractivity contribution in [2.24, 2.45) is 0 Å². The second kappa shape index (κ2) is 8.83. The van der Waals surface area contributed by atoms with E-state index in [2.05, 4.69) is 47.3 Å². The van der Waals surface area contributed by atoms with Crippen LogP contribution in [0, 0.1) is 0 Å². The highest BCUT2D eigenvalue weighted by Crippen LogP contribution is 2.34. The molecule has 26 heavy (non-hydrogen) atoms. The van der Waals surface area contributed by atoms with Crippen molar-refractivity contribution < 1.29 is 13.2 Å². The lowest BCUT2D eigenvalue weighted by atomic mass is 9.83. The third-order valence-corrected chi connectivity index (χ3v) is 6.52. The minimum atomic E-state index is -3.20. The first-order valence-electron chi connectivity index (χ1n) is 9.84. The summed E-state index contributed by atoms with van der Waals surface area (Å²) in [5.41, 5.74) is 1.44. The molecule has 0 bridgehead atoms. The Morgan fingerprint density at radius 1 is 1.15 bits per heavy atom. The van der Waals surface area contributed by atoms with Crippen LogP contribution >= 0.6 is 0 Å². The van der Waals surface area contributed by atoms with Crippen LogP contribution in [0.2, 0.25) is 0 Å². The van der Waals surface area contributed by atoms with Gasteiger partial charge >= 0.3 is 0 Å². The lowest BCUT2D eigenvalue weighted by molar-refractivity contribution is 0.0121. The molecule has 5 nitrogen and oxygen atoms in total. The first-order chi connectivity index (χ1) is 12.4. The zero-order valence-electron chi connectivity index (χ0n) is 15.9.